The fourth-order valence-electron chi connectivity index (χ4n) is 2.34. The Morgan fingerprint density at radius 3 is 2.76 bits per heavy atom. The average molecular weight is 324 g/mol. The minimum atomic E-state index is -0.0171. The molecule has 0 aliphatic carbocycles. The molecule has 1 unspecified atom stereocenters. The lowest BCUT2D eigenvalue weighted by atomic mass is 10.1. The summed E-state index contributed by atoms with van der Waals surface area (Å²) in [7, 11) is 2.01. The van der Waals surface area contributed by atoms with Crippen LogP contribution in [0.2, 0.25) is 5.02 Å². The van der Waals surface area contributed by atoms with Crippen LogP contribution in [0.1, 0.15) is 16.7 Å². The van der Waals surface area contributed by atoms with Crippen molar-refractivity contribution in [2.45, 2.75) is 20.4 Å². The number of amides is 1. The van der Waals surface area contributed by atoms with Crippen molar-refractivity contribution in [2.24, 2.45) is 0 Å². The third-order valence-corrected chi connectivity index (χ3v) is 4.27. The normalized spacial score (nSPS) is 12.2. The molecule has 0 fully saturated rings. The van der Waals surface area contributed by atoms with Crippen LogP contribution in [-0.2, 0) is 11.3 Å². The van der Waals surface area contributed by atoms with Gasteiger partial charge in [-0.05, 0) is 47.9 Å². The zero-order valence-electron chi connectivity index (χ0n) is 12.5. The number of halogens is 1. The van der Waals surface area contributed by atoms with Gasteiger partial charge in [-0.15, -0.1) is 0 Å². The number of likely N-dealkylation sites (N-methyl/N-ethyl adjacent to an activating group) is 1. The fourth-order valence-corrected chi connectivity index (χ4v) is 3.37. The molecular weight excluding hydrogens is 304 g/mol. The van der Waals surface area contributed by atoms with E-state index in [2.05, 4.69) is 22.1 Å². The summed E-state index contributed by atoms with van der Waals surface area (Å²) in [5.74, 6) is -0.0171. The van der Waals surface area contributed by atoms with Gasteiger partial charge in [0.15, 0.2) is 6.54 Å². The van der Waals surface area contributed by atoms with E-state index in [0.29, 0.717) is 11.6 Å². The van der Waals surface area contributed by atoms with Gasteiger partial charge in [0.2, 0.25) is 0 Å². The molecule has 1 atom stereocenters. The van der Waals surface area contributed by atoms with Gasteiger partial charge in [0.25, 0.3) is 5.91 Å². The monoisotopic (exact) mass is 323 g/mol. The Balaban J connectivity index is 1.95. The number of rotatable bonds is 5. The predicted molar refractivity (Wildman–Crippen MR) is 89.3 cm³/mol. The molecule has 0 bridgehead atoms. The number of hydrogen-bond acceptors (Lipinski definition) is 2. The van der Waals surface area contributed by atoms with E-state index in [-0.39, 0.29) is 5.91 Å². The number of anilines is 1. The Morgan fingerprint density at radius 1 is 1.38 bits per heavy atom. The molecule has 21 heavy (non-hydrogen) atoms. The SMILES string of the molecule is Cc1cc(C)c(NC(=O)C[NH+](C)Cc2ccsc2)c(Cl)c1. The summed E-state index contributed by atoms with van der Waals surface area (Å²) in [6, 6.07) is 5.97. The first-order chi connectivity index (χ1) is 9.95. The van der Waals surface area contributed by atoms with Gasteiger partial charge >= 0.3 is 0 Å². The Morgan fingerprint density at radius 2 is 2.14 bits per heavy atom. The Bertz CT molecular complexity index is 602. The maximum Gasteiger partial charge on any atom is 0.279 e. The highest BCUT2D eigenvalue weighted by atomic mass is 35.5. The van der Waals surface area contributed by atoms with Crippen LogP contribution in [-0.4, -0.2) is 19.5 Å². The predicted octanol–water partition coefficient (Wildman–Crippen LogP) is 2.67. The molecule has 0 saturated carbocycles. The summed E-state index contributed by atoms with van der Waals surface area (Å²) in [6.07, 6.45) is 0. The van der Waals surface area contributed by atoms with E-state index in [0.717, 1.165) is 28.3 Å². The van der Waals surface area contributed by atoms with Crippen molar-refractivity contribution < 1.29 is 9.69 Å². The largest absolute Gasteiger partial charge is 0.326 e. The quantitative estimate of drug-likeness (QED) is 0.871. The summed E-state index contributed by atoms with van der Waals surface area (Å²) in [5.41, 5.74) is 4.06. The van der Waals surface area contributed by atoms with Gasteiger partial charge in [0, 0.05) is 5.56 Å². The topological polar surface area (TPSA) is 33.5 Å². The standard InChI is InChI=1S/C16H19ClN2OS/c1-11-6-12(2)16(14(17)7-11)18-15(20)9-19(3)8-13-4-5-21-10-13/h4-7,10H,8-9H2,1-3H3,(H,18,20)/p+1. The zero-order valence-corrected chi connectivity index (χ0v) is 14.1. The van der Waals surface area contributed by atoms with E-state index in [4.69, 9.17) is 11.6 Å². The molecule has 2 N–H and O–H groups in total. The molecule has 1 heterocycles. The highest BCUT2D eigenvalue weighted by Crippen LogP contribution is 2.27. The lowest BCUT2D eigenvalue weighted by Gasteiger charge is -2.15. The summed E-state index contributed by atoms with van der Waals surface area (Å²) < 4.78 is 0. The van der Waals surface area contributed by atoms with E-state index in [1.54, 1.807) is 11.3 Å². The number of quaternary nitrogens is 1. The molecule has 2 rings (SSSR count). The van der Waals surface area contributed by atoms with Crippen LogP contribution in [0.5, 0.6) is 0 Å². The van der Waals surface area contributed by atoms with Crippen LogP contribution < -0.4 is 10.2 Å². The van der Waals surface area contributed by atoms with Crippen molar-refractivity contribution in [1.82, 2.24) is 0 Å². The zero-order chi connectivity index (χ0) is 15.4. The van der Waals surface area contributed by atoms with Crippen LogP contribution in [0.3, 0.4) is 0 Å². The van der Waals surface area contributed by atoms with Crippen molar-refractivity contribution in [3.8, 4) is 0 Å². The van der Waals surface area contributed by atoms with Crippen molar-refractivity contribution in [3.63, 3.8) is 0 Å². The van der Waals surface area contributed by atoms with Gasteiger partial charge in [0.05, 0.1) is 17.8 Å². The molecular formula is C16H20ClN2OS+. The molecule has 1 amide bonds. The van der Waals surface area contributed by atoms with Crippen LogP contribution in [0.15, 0.2) is 29.0 Å². The molecule has 2 aromatic rings. The fraction of sp³-hybridized carbons (Fsp3) is 0.312. The number of benzene rings is 1. The summed E-state index contributed by atoms with van der Waals surface area (Å²) in [6.45, 7) is 5.21. The second-order valence-electron chi connectivity index (χ2n) is 5.43. The molecule has 0 radical (unpaired) electrons. The second kappa shape index (κ2) is 7.07. The van der Waals surface area contributed by atoms with Crippen LogP contribution in [0, 0.1) is 13.8 Å². The first-order valence-electron chi connectivity index (χ1n) is 6.84. The van der Waals surface area contributed by atoms with Crippen molar-refractivity contribution in [1.29, 1.82) is 0 Å². The van der Waals surface area contributed by atoms with Gasteiger partial charge in [0.1, 0.15) is 6.54 Å². The van der Waals surface area contributed by atoms with Gasteiger partial charge in [-0.25, -0.2) is 0 Å². The first kappa shape index (κ1) is 16.0. The molecule has 5 heteroatoms. The molecule has 0 spiro atoms. The third-order valence-electron chi connectivity index (χ3n) is 3.24. The lowest BCUT2D eigenvalue weighted by molar-refractivity contribution is -0.885. The van der Waals surface area contributed by atoms with E-state index in [1.165, 1.54) is 5.56 Å². The minimum Gasteiger partial charge on any atom is -0.326 e. The van der Waals surface area contributed by atoms with Crippen molar-refractivity contribution in [3.05, 3.63) is 50.7 Å². The molecule has 1 aromatic carbocycles. The molecule has 112 valence electrons. The smallest absolute Gasteiger partial charge is 0.279 e. The van der Waals surface area contributed by atoms with Crippen LogP contribution in [0.25, 0.3) is 0 Å². The van der Waals surface area contributed by atoms with Crippen LogP contribution in [0.4, 0.5) is 5.69 Å². The number of carbonyl (C=O) groups is 1. The van der Waals surface area contributed by atoms with Gasteiger partial charge in [-0.3, -0.25) is 4.79 Å². The summed E-state index contributed by atoms with van der Waals surface area (Å²) >= 11 is 7.89. The number of thiophene rings is 1. The van der Waals surface area contributed by atoms with E-state index < -0.39 is 0 Å². The number of carbonyl (C=O) groups excluding carboxylic acids is 1. The highest BCUT2D eigenvalue weighted by molar-refractivity contribution is 7.07. The van der Waals surface area contributed by atoms with E-state index in [9.17, 15) is 4.79 Å². The van der Waals surface area contributed by atoms with E-state index in [1.807, 2.05) is 33.0 Å². The number of nitrogens with one attached hydrogen (secondary N) is 2. The van der Waals surface area contributed by atoms with Crippen molar-refractivity contribution >= 4 is 34.5 Å². The van der Waals surface area contributed by atoms with Crippen LogP contribution >= 0.6 is 22.9 Å². The maximum absolute atomic E-state index is 12.2. The molecule has 1 aromatic heterocycles. The van der Waals surface area contributed by atoms with Gasteiger partial charge in [-0.2, -0.15) is 11.3 Å². The number of hydrogen-bond donors (Lipinski definition) is 2. The Labute approximate surface area is 134 Å². The highest BCUT2D eigenvalue weighted by Gasteiger charge is 2.14. The molecule has 3 nitrogen and oxygen atoms in total. The molecule has 0 saturated heterocycles. The van der Waals surface area contributed by atoms with Gasteiger partial charge in [-0.1, -0.05) is 17.7 Å². The Kier molecular flexibility index (Phi) is 5.39. The first-order valence-corrected chi connectivity index (χ1v) is 8.16. The molecule has 0 aliphatic rings. The third kappa shape index (κ3) is 4.56. The minimum absolute atomic E-state index is 0.0171. The average Bonchev–Trinajstić information content (AvgIpc) is 2.86. The Hall–Kier alpha value is -1.36. The summed E-state index contributed by atoms with van der Waals surface area (Å²) in [5, 5.41) is 7.69. The summed E-state index contributed by atoms with van der Waals surface area (Å²) in [4.78, 5) is 13.3. The van der Waals surface area contributed by atoms with E-state index >= 15 is 0 Å². The lowest BCUT2D eigenvalue weighted by Crippen LogP contribution is -3.08. The van der Waals surface area contributed by atoms with Crippen molar-refractivity contribution in [2.75, 3.05) is 18.9 Å². The molecule has 0 aliphatic heterocycles. The second-order valence-corrected chi connectivity index (χ2v) is 6.62. The maximum atomic E-state index is 12.2. The van der Waals surface area contributed by atoms with Gasteiger partial charge < -0.3 is 10.2 Å². The number of aryl methyl sites for hydroxylation is 2.